The number of anilines is 1. The number of morpholine rings is 1. The number of hydrogen-bond acceptors (Lipinski definition) is 2. The van der Waals surface area contributed by atoms with Crippen LogP contribution in [0.25, 0.3) is 0 Å². The molecule has 17 heavy (non-hydrogen) atoms. The van der Waals surface area contributed by atoms with Crippen LogP contribution in [-0.2, 0) is 17.6 Å². The Labute approximate surface area is 101 Å². The van der Waals surface area contributed by atoms with E-state index in [2.05, 4.69) is 17.9 Å². The molecule has 1 fully saturated rings. The fraction of sp³-hybridized carbons (Fsp3) is 0.571. The summed E-state index contributed by atoms with van der Waals surface area (Å²) in [4.78, 5) is 2.10. The van der Waals surface area contributed by atoms with Crippen LogP contribution in [-0.4, -0.2) is 26.3 Å². The van der Waals surface area contributed by atoms with Gasteiger partial charge in [-0.1, -0.05) is 6.92 Å². The van der Waals surface area contributed by atoms with E-state index in [1.807, 2.05) is 0 Å². The van der Waals surface area contributed by atoms with Gasteiger partial charge in [0.2, 0.25) is 0 Å². The highest BCUT2D eigenvalue weighted by molar-refractivity contribution is 5.54. The summed E-state index contributed by atoms with van der Waals surface area (Å²) in [6.45, 7) is 5.22. The van der Waals surface area contributed by atoms with Crippen LogP contribution in [0.15, 0.2) is 12.1 Å². The Bertz CT molecular complexity index is 426. The van der Waals surface area contributed by atoms with Crippen molar-refractivity contribution in [2.24, 2.45) is 5.92 Å². The summed E-state index contributed by atoms with van der Waals surface area (Å²) in [5.74, 6) is 0.587. The van der Waals surface area contributed by atoms with Gasteiger partial charge in [0, 0.05) is 13.1 Å². The summed E-state index contributed by atoms with van der Waals surface area (Å²) in [5.41, 5.74) is 3.30. The molecular formula is C14H18FNO. The van der Waals surface area contributed by atoms with Crippen LogP contribution in [0.3, 0.4) is 0 Å². The molecule has 1 saturated heterocycles. The van der Waals surface area contributed by atoms with Crippen molar-refractivity contribution in [2.45, 2.75) is 19.8 Å². The number of benzene rings is 1. The molecule has 1 heterocycles. The van der Waals surface area contributed by atoms with Crippen molar-refractivity contribution in [3.8, 4) is 0 Å². The predicted molar refractivity (Wildman–Crippen MR) is 66.0 cm³/mol. The largest absolute Gasteiger partial charge is 0.378 e. The lowest BCUT2D eigenvalue weighted by molar-refractivity contribution is 0.122. The topological polar surface area (TPSA) is 12.5 Å². The lowest BCUT2D eigenvalue weighted by atomic mass is 10.1. The van der Waals surface area contributed by atoms with Crippen LogP contribution >= 0.6 is 0 Å². The molecule has 0 spiro atoms. The Hall–Kier alpha value is -1.09. The van der Waals surface area contributed by atoms with Crippen LogP contribution in [0.1, 0.15) is 18.1 Å². The van der Waals surface area contributed by atoms with Crippen molar-refractivity contribution in [2.75, 3.05) is 31.2 Å². The molecule has 3 heteroatoms. The number of rotatable bonds is 1. The van der Waals surface area contributed by atoms with Crippen LogP contribution < -0.4 is 4.90 Å². The first kappa shape index (κ1) is 11.0. The van der Waals surface area contributed by atoms with Crippen molar-refractivity contribution in [1.29, 1.82) is 0 Å². The molecule has 3 rings (SSSR count). The second-order valence-electron chi connectivity index (χ2n) is 5.19. The van der Waals surface area contributed by atoms with Gasteiger partial charge in [-0.15, -0.1) is 0 Å². The molecule has 2 aliphatic rings. The normalized spacial score (nSPS) is 23.9. The minimum atomic E-state index is -0.0697. The molecular weight excluding hydrogens is 217 g/mol. The molecule has 0 saturated carbocycles. The minimum absolute atomic E-state index is 0.0697. The van der Waals surface area contributed by atoms with Gasteiger partial charge in [-0.2, -0.15) is 0 Å². The second-order valence-corrected chi connectivity index (χ2v) is 5.19. The quantitative estimate of drug-likeness (QED) is 0.741. The average Bonchev–Trinajstić information content (AvgIpc) is 2.68. The van der Waals surface area contributed by atoms with Gasteiger partial charge in [-0.05, 0) is 42.0 Å². The lowest BCUT2D eigenvalue weighted by Gasteiger charge is -2.29. The van der Waals surface area contributed by atoms with Gasteiger partial charge in [0.05, 0.1) is 18.9 Å². The maximum absolute atomic E-state index is 14.1. The fourth-order valence-corrected chi connectivity index (χ4v) is 2.90. The van der Waals surface area contributed by atoms with E-state index in [0.717, 1.165) is 31.6 Å². The number of fused-ring (bicyclic) bond motifs is 1. The minimum Gasteiger partial charge on any atom is -0.378 e. The van der Waals surface area contributed by atoms with Crippen LogP contribution in [0.5, 0.6) is 0 Å². The van der Waals surface area contributed by atoms with E-state index >= 15 is 0 Å². The van der Waals surface area contributed by atoms with Crippen molar-refractivity contribution in [3.05, 3.63) is 29.1 Å². The smallest absolute Gasteiger partial charge is 0.146 e. The summed E-state index contributed by atoms with van der Waals surface area (Å²) in [7, 11) is 0. The molecule has 0 bridgehead atoms. The van der Waals surface area contributed by atoms with Gasteiger partial charge < -0.3 is 9.64 Å². The lowest BCUT2D eigenvalue weighted by Crippen LogP contribution is -2.36. The van der Waals surface area contributed by atoms with Crippen molar-refractivity contribution >= 4 is 5.69 Å². The fourth-order valence-electron chi connectivity index (χ4n) is 2.90. The highest BCUT2D eigenvalue weighted by Gasteiger charge is 2.22. The zero-order chi connectivity index (χ0) is 11.8. The van der Waals surface area contributed by atoms with E-state index in [0.29, 0.717) is 19.1 Å². The van der Waals surface area contributed by atoms with Crippen molar-refractivity contribution < 1.29 is 9.13 Å². The van der Waals surface area contributed by atoms with Gasteiger partial charge in [-0.3, -0.25) is 0 Å². The third-order valence-electron chi connectivity index (χ3n) is 3.76. The first-order valence-electron chi connectivity index (χ1n) is 6.38. The molecule has 0 radical (unpaired) electrons. The van der Waals surface area contributed by atoms with Crippen molar-refractivity contribution in [1.82, 2.24) is 0 Å². The molecule has 0 N–H and O–H groups in total. The molecule has 1 aliphatic heterocycles. The second kappa shape index (κ2) is 4.30. The van der Waals surface area contributed by atoms with Gasteiger partial charge in [0.1, 0.15) is 5.82 Å². The summed E-state index contributed by atoms with van der Waals surface area (Å²) in [5, 5.41) is 0. The molecule has 1 aromatic rings. The third-order valence-corrected chi connectivity index (χ3v) is 3.76. The van der Waals surface area contributed by atoms with Gasteiger partial charge in [-0.25, -0.2) is 4.39 Å². The monoisotopic (exact) mass is 235 g/mol. The highest BCUT2D eigenvalue weighted by atomic mass is 19.1. The standard InChI is InChI=1S/C14H18FNO/c1-10-6-11-8-13(15)14(9-12(11)7-10)16-2-4-17-5-3-16/h8-10H,2-7H2,1H3. The summed E-state index contributed by atoms with van der Waals surface area (Å²) >= 11 is 0. The SMILES string of the molecule is CC1Cc2cc(F)c(N3CCOCC3)cc2C1. The van der Waals surface area contributed by atoms with Gasteiger partial charge >= 0.3 is 0 Å². The molecule has 0 amide bonds. The zero-order valence-corrected chi connectivity index (χ0v) is 10.2. The van der Waals surface area contributed by atoms with Crippen LogP contribution in [0, 0.1) is 11.7 Å². The number of nitrogens with zero attached hydrogens (tertiary/aromatic N) is 1. The summed E-state index contributed by atoms with van der Waals surface area (Å²) in [6.07, 6.45) is 2.11. The summed E-state index contributed by atoms with van der Waals surface area (Å²) in [6, 6.07) is 3.79. The Morgan fingerprint density at radius 1 is 1.18 bits per heavy atom. The van der Waals surface area contributed by atoms with E-state index in [4.69, 9.17) is 4.74 Å². The van der Waals surface area contributed by atoms with Crippen LogP contribution in [0.4, 0.5) is 10.1 Å². The number of ether oxygens (including phenoxy) is 1. The predicted octanol–water partition coefficient (Wildman–Crippen LogP) is 2.40. The van der Waals surface area contributed by atoms with Gasteiger partial charge in [0.15, 0.2) is 0 Å². The highest BCUT2D eigenvalue weighted by Crippen LogP contribution is 2.32. The first-order valence-corrected chi connectivity index (χ1v) is 6.38. The Balaban J connectivity index is 1.92. The Morgan fingerprint density at radius 2 is 1.82 bits per heavy atom. The van der Waals surface area contributed by atoms with E-state index in [9.17, 15) is 4.39 Å². The van der Waals surface area contributed by atoms with Crippen molar-refractivity contribution in [3.63, 3.8) is 0 Å². The Kier molecular flexibility index (Phi) is 2.79. The van der Waals surface area contributed by atoms with Crippen LogP contribution in [0.2, 0.25) is 0 Å². The van der Waals surface area contributed by atoms with E-state index in [1.165, 1.54) is 11.1 Å². The maximum atomic E-state index is 14.1. The first-order chi connectivity index (χ1) is 8.24. The number of hydrogen-bond donors (Lipinski definition) is 0. The van der Waals surface area contributed by atoms with Gasteiger partial charge in [0.25, 0.3) is 0 Å². The van der Waals surface area contributed by atoms with E-state index in [1.54, 1.807) is 6.07 Å². The molecule has 0 aromatic heterocycles. The van der Waals surface area contributed by atoms with E-state index in [-0.39, 0.29) is 5.82 Å². The molecule has 1 atom stereocenters. The number of halogens is 1. The molecule has 1 unspecified atom stereocenters. The summed E-state index contributed by atoms with van der Waals surface area (Å²) < 4.78 is 19.4. The molecule has 1 aliphatic carbocycles. The Morgan fingerprint density at radius 3 is 2.53 bits per heavy atom. The average molecular weight is 235 g/mol. The molecule has 1 aromatic carbocycles. The van der Waals surface area contributed by atoms with E-state index < -0.39 is 0 Å². The third kappa shape index (κ3) is 2.04. The molecule has 92 valence electrons. The maximum Gasteiger partial charge on any atom is 0.146 e. The zero-order valence-electron chi connectivity index (χ0n) is 10.2. The molecule has 2 nitrogen and oxygen atoms in total.